The molecular weight excluding hydrogens is 373 g/mol. The van der Waals surface area contributed by atoms with Crippen molar-refractivity contribution in [2.75, 3.05) is 0 Å². The van der Waals surface area contributed by atoms with Crippen LogP contribution in [0.1, 0.15) is 17.1 Å². The van der Waals surface area contributed by atoms with Crippen LogP contribution < -0.4 is 5.14 Å². The number of aryl methyl sites for hydroxylation is 1. The Morgan fingerprint density at radius 3 is 2.38 bits per heavy atom. The molecule has 0 radical (unpaired) electrons. The second-order valence-electron chi connectivity index (χ2n) is 5.57. The molecule has 0 fully saturated rings. The van der Waals surface area contributed by atoms with E-state index in [4.69, 9.17) is 9.66 Å². The van der Waals surface area contributed by atoms with Crippen LogP contribution in [0.5, 0.6) is 0 Å². The molecule has 2 N–H and O–H groups in total. The molecule has 0 bridgehead atoms. The molecule has 7 nitrogen and oxygen atoms in total. The van der Waals surface area contributed by atoms with E-state index >= 15 is 0 Å². The second kappa shape index (κ2) is 6.25. The topological polar surface area (TPSA) is 104 Å². The van der Waals surface area contributed by atoms with Gasteiger partial charge >= 0.3 is 6.18 Å². The number of hydrogen-bond donors (Lipinski definition) is 1. The summed E-state index contributed by atoms with van der Waals surface area (Å²) in [5, 5.41) is 8.79. The number of halogens is 3. The lowest BCUT2D eigenvalue weighted by atomic mass is 10.2. The zero-order valence-electron chi connectivity index (χ0n) is 13.4. The molecule has 26 heavy (non-hydrogen) atoms. The summed E-state index contributed by atoms with van der Waals surface area (Å²) in [6.07, 6.45) is -3.76. The van der Waals surface area contributed by atoms with E-state index in [1.807, 2.05) is 0 Å². The van der Waals surface area contributed by atoms with Gasteiger partial charge in [0, 0.05) is 17.8 Å². The van der Waals surface area contributed by atoms with Gasteiger partial charge in [0.15, 0.2) is 5.69 Å². The van der Waals surface area contributed by atoms with Crippen molar-refractivity contribution >= 4 is 10.0 Å². The first-order valence-electron chi connectivity index (χ1n) is 7.24. The minimum atomic E-state index is -4.62. The summed E-state index contributed by atoms with van der Waals surface area (Å²) < 4.78 is 68.0. The van der Waals surface area contributed by atoms with Crippen molar-refractivity contribution in [3.63, 3.8) is 0 Å². The number of sulfonamides is 1. The quantitative estimate of drug-likeness (QED) is 0.742. The van der Waals surface area contributed by atoms with Crippen molar-refractivity contribution in [1.29, 1.82) is 0 Å². The molecule has 3 rings (SSSR count). The van der Waals surface area contributed by atoms with Gasteiger partial charge in [0.2, 0.25) is 10.0 Å². The van der Waals surface area contributed by atoms with E-state index in [9.17, 15) is 21.6 Å². The van der Waals surface area contributed by atoms with Crippen molar-refractivity contribution < 1.29 is 26.1 Å². The van der Waals surface area contributed by atoms with E-state index in [0.29, 0.717) is 17.0 Å². The number of nitrogens with two attached hydrogens (primary N) is 1. The average molecular weight is 386 g/mol. The van der Waals surface area contributed by atoms with Crippen molar-refractivity contribution in [1.82, 2.24) is 14.7 Å². The van der Waals surface area contributed by atoms with Crippen LogP contribution in [0.25, 0.3) is 11.4 Å². The van der Waals surface area contributed by atoms with E-state index in [1.54, 1.807) is 13.0 Å². The molecule has 138 valence electrons. The summed E-state index contributed by atoms with van der Waals surface area (Å²) in [4.78, 5) is 3.49. The second-order valence-corrected chi connectivity index (χ2v) is 7.14. The van der Waals surface area contributed by atoms with Gasteiger partial charge in [0.25, 0.3) is 0 Å². The first-order chi connectivity index (χ1) is 12.0. The van der Waals surface area contributed by atoms with E-state index < -0.39 is 21.9 Å². The number of hydrogen-bond acceptors (Lipinski definition) is 5. The number of rotatable bonds is 4. The predicted molar refractivity (Wildman–Crippen MR) is 84.4 cm³/mol. The van der Waals surface area contributed by atoms with Gasteiger partial charge in [0.05, 0.1) is 11.4 Å². The van der Waals surface area contributed by atoms with Gasteiger partial charge in [-0.25, -0.2) is 18.5 Å². The Bertz CT molecular complexity index is 1040. The molecule has 0 saturated heterocycles. The molecule has 0 unspecified atom stereocenters. The summed E-state index contributed by atoms with van der Waals surface area (Å²) in [6, 6.07) is 6.69. The van der Waals surface area contributed by atoms with E-state index in [1.165, 1.54) is 28.8 Å². The summed E-state index contributed by atoms with van der Waals surface area (Å²) in [7, 11) is -3.91. The number of aromatic nitrogens is 3. The fourth-order valence-corrected chi connectivity index (χ4v) is 2.88. The predicted octanol–water partition coefficient (Wildman–Crippen LogP) is 2.56. The minimum Gasteiger partial charge on any atom is -0.361 e. The first-order valence-corrected chi connectivity index (χ1v) is 8.78. The van der Waals surface area contributed by atoms with Gasteiger partial charge in [-0.05, 0) is 31.2 Å². The maximum Gasteiger partial charge on any atom is 0.434 e. The highest BCUT2D eigenvalue weighted by Gasteiger charge is 2.35. The minimum absolute atomic E-state index is 0.00664. The Kier molecular flexibility index (Phi) is 4.36. The van der Waals surface area contributed by atoms with E-state index in [2.05, 4.69) is 10.1 Å². The molecule has 0 amide bonds. The van der Waals surface area contributed by atoms with Gasteiger partial charge in [-0.15, -0.1) is 0 Å². The lowest BCUT2D eigenvalue weighted by molar-refractivity contribution is -0.140. The highest BCUT2D eigenvalue weighted by atomic mass is 32.2. The highest BCUT2D eigenvalue weighted by Crippen LogP contribution is 2.31. The largest absolute Gasteiger partial charge is 0.434 e. The Balaban J connectivity index is 2.05. The van der Waals surface area contributed by atoms with Gasteiger partial charge in [-0.2, -0.15) is 13.2 Å². The molecule has 0 aliphatic rings. The number of nitrogens with zero attached hydrogens (tertiary/aromatic N) is 3. The van der Waals surface area contributed by atoms with Crippen LogP contribution >= 0.6 is 0 Å². The molecule has 0 saturated carbocycles. The third-order valence-corrected chi connectivity index (χ3v) is 4.45. The van der Waals surface area contributed by atoms with Crippen LogP contribution in [-0.2, 0) is 22.7 Å². The van der Waals surface area contributed by atoms with Gasteiger partial charge in [-0.1, -0.05) is 5.16 Å². The average Bonchev–Trinajstić information content (AvgIpc) is 3.13. The number of alkyl halides is 3. The fraction of sp³-hybridized carbons (Fsp3) is 0.200. The molecule has 0 aliphatic heterocycles. The monoisotopic (exact) mass is 386 g/mol. The van der Waals surface area contributed by atoms with Crippen molar-refractivity contribution in [3.05, 3.63) is 53.7 Å². The van der Waals surface area contributed by atoms with Gasteiger partial charge < -0.3 is 9.09 Å². The Morgan fingerprint density at radius 2 is 1.88 bits per heavy atom. The standard InChI is InChI=1S/C15H13F3N4O3S/c1-9-6-11(21-25-9)7-22-8-13(15(16,17)18)20-14(22)10-2-4-12(5-3-10)26(19,23)24/h2-6,8H,7H2,1H3,(H2,19,23,24). The van der Waals surface area contributed by atoms with Crippen LogP contribution in [0.3, 0.4) is 0 Å². The van der Waals surface area contributed by atoms with Gasteiger partial charge in [0.1, 0.15) is 17.3 Å². The zero-order chi connectivity index (χ0) is 19.1. The van der Waals surface area contributed by atoms with Crippen LogP contribution in [0.2, 0.25) is 0 Å². The van der Waals surface area contributed by atoms with Crippen LogP contribution in [0, 0.1) is 6.92 Å². The number of benzene rings is 1. The van der Waals surface area contributed by atoms with E-state index in [-0.39, 0.29) is 17.3 Å². The molecule has 11 heteroatoms. The third kappa shape index (κ3) is 3.78. The highest BCUT2D eigenvalue weighted by molar-refractivity contribution is 7.89. The van der Waals surface area contributed by atoms with Crippen LogP contribution in [0.15, 0.2) is 45.9 Å². The smallest absolute Gasteiger partial charge is 0.361 e. The molecule has 0 spiro atoms. The lowest BCUT2D eigenvalue weighted by Crippen LogP contribution is -2.11. The first kappa shape index (κ1) is 18.1. The molecule has 0 atom stereocenters. The maximum atomic E-state index is 13.1. The van der Waals surface area contributed by atoms with E-state index in [0.717, 1.165) is 6.20 Å². The molecule has 1 aromatic carbocycles. The molecule has 0 aliphatic carbocycles. The normalized spacial score (nSPS) is 12.5. The fourth-order valence-electron chi connectivity index (χ4n) is 2.36. The Hall–Kier alpha value is -2.66. The maximum absolute atomic E-state index is 13.1. The summed E-state index contributed by atoms with van der Waals surface area (Å²) in [6.45, 7) is 1.67. The van der Waals surface area contributed by atoms with Crippen molar-refractivity contribution in [2.45, 2.75) is 24.5 Å². The Morgan fingerprint density at radius 1 is 1.23 bits per heavy atom. The third-order valence-electron chi connectivity index (χ3n) is 3.52. The lowest BCUT2D eigenvalue weighted by Gasteiger charge is -2.06. The van der Waals surface area contributed by atoms with Crippen LogP contribution in [-0.4, -0.2) is 23.1 Å². The molecular formula is C15H13F3N4O3S. The summed E-state index contributed by atoms with van der Waals surface area (Å²) >= 11 is 0. The molecule has 2 aromatic heterocycles. The van der Waals surface area contributed by atoms with Crippen LogP contribution in [0.4, 0.5) is 13.2 Å². The van der Waals surface area contributed by atoms with Crippen molar-refractivity contribution in [2.24, 2.45) is 5.14 Å². The summed E-state index contributed by atoms with van der Waals surface area (Å²) in [5.74, 6) is 0.536. The van der Waals surface area contributed by atoms with Crippen molar-refractivity contribution in [3.8, 4) is 11.4 Å². The zero-order valence-corrected chi connectivity index (χ0v) is 14.2. The molecule has 2 heterocycles. The summed E-state index contributed by atoms with van der Waals surface area (Å²) in [5.41, 5.74) is -0.340. The number of imidazole rings is 1. The molecule has 3 aromatic rings. The Labute approximate surface area is 146 Å². The number of primary sulfonamides is 1. The van der Waals surface area contributed by atoms with Gasteiger partial charge in [-0.3, -0.25) is 0 Å². The SMILES string of the molecule is Cc1cc(Cn2cc(C(F)(F)F)nc2-c2ccc(S(N)(=O)=O)cc2)no1.